The van der Waals surface area contributed by atoms with Gasteiger partial charge in [0.05, 0.1) is 7.11 Å². The third kappa shape index (κ3) is 2.61. The molecule has 100 valence electrons. The van der Waals surface area contributed by atoms with Crippen LogP contribution >= 0.6 is 0 Å². The lowest BCUT2D eigenvalue weighted by Crippen LogP contribution is -2.23. The zero-order valence-electron chi connectivity index (χ0n) is 11.6. The van der Waals surface area contributed by atoms with E-state index in [9.17, 15) is 0 Å². The normalized spacial score (nSPS) is 19.6. The van der Waals surface area contributed by atoms with E-state index >= 15 is 0 Å². The molecule has 0 radical (unpaired) electrons. The molecule has 0 bridgehead atoms. The van der Waals surface area contributed by atoms with Crippen molar-refractivity contribution in [3.63, 3.8) is 0 Å². The van der Waals surface area contributed by atoms with Gasteiger partial charge in [0.2, 0.25) is 0 Å². The molecule has 0 spiro atoms. The summed E-state index contributed by atoms with van der Waals surface area (Å²) in [6.45, 7) is 7.47. The molecule has 0 saturated carbocycles. The molecule has 18 heavy (non-hydrogen) atoms. The maximum absolute atomic E-state index is 5.84. The molecule has 1 fully saturated rings. The Bertz CT molecular complexity index is 403. The minimum Gasteiger partial charge on any atom is -0.497 e. The third-order valence-electron chi connectivity index (χ3n) is 4.02. The quantitative estimate of drug-likeness (QED) is 0.890. The number of anilines is 1. The smallest absolute Gasteiger partial charge is 0.120 e. The minimum atomic E-state index is 0.585. The molecule has 2 N–H and O–H groups in total. The molecular weight excluding hydrogens is 224 g/mol. The number of hydrogen-bond acceptors (Lipinski definition) is 3. The molecule has 2 rings (SSSR count). The van der Waals surface area contributed by atoms with Crippen LogP contribution in [0.4, 0.5) is 5.69 Å². The lowest BCUT2D eigenvalue weighted by Gasteiger charge is -2.23. The van der Waals surface area contributed by atoms with Crippen LogP contribution in [0.1, 0.15) is 25.8 Å². The molecule has 3 nitrogen and oxygen atoms in total. The van der Waals surface area contributed by atoms with Crippen LogP contribution in [0.2, 0.25) is 0 Å². The molecule has 1 aromatic carbocycles. The molecule has 1 saturated heterocycles. The number of nitrogens with zero attached hydrogens (tertiary/aromatic N) is 1. The number of rotatable bonds is 4. The first-order valence-electron chi connectivity index (χ1n) is 6.77. The summed E-state index contributed by atoms with van der Waals surface area (Å²) < 4.78 is 5.32. The van der Waals surface area contributed by atoms with Crippen LogP contribution in [-0.4, -0.2) is 20.2 Å². The fourth-order valence-corrected chi connectivity index (χ4v) is 2.69. The third-order valence-corrected chi connectivity index (χ3v) is 4.02. The van der Waals surface area contributed by atoms with Crippen LogP contribution in [0.5, 0.6) is 5.75 Å². The van der Waals surface area contributed by atoms with Gasteiger partial charge in [0, 0.05) is 31.4 Å². The van der Waals surface area contributed by atoms with Crippen molar-refractivity contribution in [2.75, 3.05) is 25.1 Å². The summed E-state index contributed by atoms with van der Waals surface area (Å²) in [5.74, 6) is 2.46. The van der Waals surface area contributed by atoms with E-state index in [1.54, 1.807) is 7.11 Å². The van der Waals surface area contributed by atoms with Gasteiger partial charge in [-0.15, -0.1) is 0 Å². The predicted molar refractivity (Wildman–Crippen MR) is 76.0 cm³/mol. The van der Waals surface area contributed by atoms with E-state index in [4.69, 9.17) is 10.5 Å². The fourth-order valence-electron chi connectivity index (χ4n) is 2.69. The van der Waals surface area contributed by atoms with Crippen molar-refractivity contribution in [3.05, 3.63) is 23.8 Å². The molecule has 1 atom stereocenters. The van der Waals surface area contributed by atoms with E-state index in [1.807, 2.05) is 6.07 Å². The first-order valence-corrected chi connectivity index (χ1v) is 6.77. The lowest BCUT2D eigenvalue weighted by molar-refractivity contribution is 0.414. The second-order valence-corrected chi connectivity index (χ2v) is 5.44. The monoisotopic (exact) mass is 248 g/mol. The second kappa shape index (κ2) is 5.61. The van der Waals surface area contributed by atoms with Crippen molar-refractivity contribution < 1.29 is 4.74 Å². The van der Waals surface area contributed by atoms with E-state index in [-0.39, 0.29) is 0 Å². The van der Waals surface area contributed by atoms with Crippen LogP contribution in [0.15, 0.2) is 18.2 Å². The van der Waals surface area contributed by atoms with Crippen molar-refractivity contribution in [2.45, 2.75) is 26.8 Å². The van der Waals surface area contributed by atoms with E-state index in [0.717, 1.165) is 30.7 Å². The molecule has 1 aliphatic rings. The number of benzene rings is 1. The molecule has 1 aromatic rings. The van der Waals surface area contributed by atoms with E-state index < -0.39 is 0 Å². The topological polar surface area (TPSA) is 38.5 Å². The highest BCUT2D eigenvalue weighted by molar-refractivity contribution is 5.58. The molecule has 1 unspecified atom stereocenters. The Morgan fingerprint density at radius 2 is 2.22 bits per heavy atom. The van der Waals surface area contributed by atoms with Crippen molar-refractivity contribution in [3.8, 4) is 5.75 Å². The Morgan fingerprint density at radius 1 is 1.44 bits per heavy atom. The highest BCUT2D eigenvalue weighted by Gasteiger charge is 2.26. The Kier molecular flexibility index (Phi) is 4.12. The molecule has 1 heterocycles. The van der Waals surface area contributed by atoms with E-state index in [2.05, 4.69) is 30.9 Å². The van der Waals surface area contributed by atoms with Gasteiger partial charge in [-0.3, -0.25) is 0 Å². The second-order valence-electron chi connectivity index (χ2n) is 5.44. The number of hydrogen-bond donors (Lipinski definition) is 1. The van der Waals surface area contributed by atoms with Gasteiger partial charge >= 0.3 is 0 Å². The molecule has 3 heteroatoms. The number of nitrogens with two attached hydrogens (primary N) is 1. The predicted octanol–water partition coefficient (Wildman–Crippen LogP) is 2.64. The lowest BCUT2D eigenvalue weighted by atomic mass is 9.95. The highest BCUT2D eigenvalue weighted by atomic mass is 16.5. The maximum Gasteiger partial charge on any atom is 0.120 e. The van der Waals surface area contributed by atoms with Gasteiger partial charge in [-0.05, 0) is 29.9 Å². The fraction of sp³-hybridized carbons (Fsp3) is 0.600. The van der Waals surface area contributed by atoms with E-state index in [1.165, 1.54) is 17.7 Å². The SMILES string of the molecule is COc1ccc(CN)c(N2CCC(C(C)C)C2)c1. The van der Waals surface area contributed by atoms with Gasteiger partial charge in [-0.2, -0.15) is 0 Å². The average Bonchev–Trinajstić information content (AvgIpc) is 2.87. The van der Waals surface area contributed by atoms with Crippen molar-refractivity contribution in [1.82, 2.24) is 0 Å². The summed E-state index contributed by atoms with van der Waals surface area (Å²) in [7, 11) is 1.71. The summed E-state index contributed by atoms with van der Waals surface area (Å²) in [5.41, 5.74) is 8.30. The highest BCUT2D eigenvalue weighted by Crippen LogP contribution is 2.32. The number of ether oxygens (including phenoxy) is 1. The standard InChI is InChI=1S/C15H24N2O/c1-11(2)13-6-7-17(10-13)15-8-14(18-3)5-4-12(15)9-16/h4-5,8,11,13H,6-7,9-10,16H2,1-3H3. The van der Waals surface area contributed by atoms with E-state index in [0.29, 0.717) is 6.54 Å². The van der Waals surface area contributed by atoms with Crippen LogP contribution in [0, 0.1) is 11.8 Å². The number of methoxy groups -OCH3 is 1. The molecule has 0 aromatic heterocycles. The van der Waals surface area contributed by atoms with Crippen LogP contribution in [0.3, 0.4) is 0 Å². The van der Waals surface area contributed by atoms with Crippen LogP contribution < -0.4 is 15.4 Å². The molecule has 0 amide bonds. The summed E-state index contributed by atoms with van der Waals surface area (Å²) in [6.07, 6.45) is 1.28. The minimum absolute atomic E-state index is 0.585. The first-order chi connectivity index (χ1) is 8.65. The Labute approximate surface area is 110 Å². The largest absolute Gasteiger partial charge is 0.497 e. The summed E-state index contributed by atoms with van der Waals surface area (Å²) in [5, 5.41) is 0. The van der Waals surface area contributed by atoms with Gasteiger partial charge in [0.15, 0.2) is 0 Å². The van der Waals surface area contributed by atoms with Crippen molar-refractivity contribution in [2.24, 2.45) is 17.6 Å². The van der Waals surface area contributed by atoms with Gasteiger partial charge in [-0.25, -0.2) is 0 Å². The zero-order chi connectivity index (χ0) is 13.1. The average molecular weight is 248 g/mol. The Balaban J connectivity index is 2.22. The van der Waals surface area contributed by atoms with Gasteiger partial charge in [-0.1, -0.05) is 19.9 Å². The molecular formula is C15H24N2O. The first kappa shape index (κ1) is 13.2. The maximum atomic E-state index is 5.84. The molecule has 1 aliphatic heterocycles. The van der Waals surface area contributed by atoms with Crippen LogP contribution in [-0.2, 0) is 6.54 Å². The van der Waals surface area contributed by atoms with Crippen molar-refractivity contribution in [1.29, 1.82) is 0 Å². The van der Waals surface area contributed by atoms with Gasteiger partial charge in [0.25, 0.3) is 0 Å². The summed E-state index contributed by atoms with van der Waals surface area (Å²) in [4.78, 5) is 2.45. The van der Waals surface area contributed by atoms with Gasteiger partial charge in [0.1, 0.15) is 5.75 Å². The van der Waals surface area contributed by atoms with Crippen molar-refractivity contribution >= 4 is 5.69 Å². The summed E-state index contributed by atoms with van der Waals surface area (Å²) >= 11 is 0. The zero-order valence-corrected chi connectivity index (χ0v) is 11.6. The van der Waals surface area contributed by atoms with Crippen LogP contribution in [0.25, 0.3) is 0 Å². The Morgan fingerprint density at radius 3 is 2.78 bits per heavy atom. The van der Waals surface area contributed by atoms with Gasteiger partial charge < -0.3 is 15.4 Å². The Hall–Kier alpha value is -1.22. The summed E-state index contributed by atoms with van der Waals surface area (Å²) in [6, 6.07) is 6.18. The molecule has 0 aliphatic carbocycles.